The van der Waals surface area contributed by atoms with E-state index in [0.717, 1.165) is 0 Å². The number of hydrogen-bond acceptors (Lipinski definition) is 4. The molecule has 0 spiro atoms. The molecule has 0 radical (unpaired) electrons. The van der Waals surface area contributed by atoms with E-state index in [4.69, 9.17) is 0 Å². The Morgan fingerprint density at radius 3 is 2.62 bits per heavy atom. The van der Waals surface area contributed by atoms with Gasteiger partial charge in [-0.15, -0.1) is 0 Å². The van der Waals surface area contributed by atoms with Gasteiger partial charge in [-0.3, -0.25) is 9.59 Å². The van der Waals surface area contributed by atoms with E-state index in [-0.39, 0.29) is 36.5 Å². The Balaban J connectivity index is 2.22. The molecule has 2 aromatic rings. The fourth-order valence-electron chi connectivity index (χ4n) is 2.14. The summed E-state index contributed by atoms with van der Waals surface area (Å²) in [6, 6.07) is 6.75. The monoisotopic (exact) mass is 289 g/mol. The predicted molar refractivity (Wildman–Crippen MR) is 79.9 cm³/mol. The highest BCUT2D eigenvalue weighted by atomic mass is 16.3. The summed E-state index contributed by atoms with van der Waals surface area (Å²) < 4.78 is 0. The first kappa shape index (κ1) is 15.2. The number of aromatic nitrogens is 2. The summed E-state index contributed by atoms with van der Waals surface area (Å²) in [4.78, 5) is 23.7. The lowest BCUT2D eigenvalue weighted by Crippen LogP contribution is -2.42. The summed E-state index contributed by atoms with van der Waals surface area (Å²) in [7, 11) is 0. The van der Waals surface area contributed by atoms with Crippen LogP contribution in [0.3, 0.4) is 0 Å². The summed E-state index contributed by atoms with van der Waals surface area (Å²) in [6.45, 7) is 3.74. The van der Waals surface area contributed by atoms with Gasteiger partial charge in [0.15, 0.2) is 0 Å². The van der Waals surface area contributed by atoms with E-state index in [1.807, 2.05) is 13.8 Å². The lowest BCUT2D eigenvalue weighted by Gasteiger charge is -2.19. The number of hydrogen-bond donors (Lipinski definition) is 3. The minimum atomic E-state index is -0.286. The van der Waals surface area contributed by atoms with Gasteiger partial charge in [0.05, 0.1) is 30.1 Å². The van der Waals surface area contributed by atoms with Crippen LogP contribution < -0.4 is 10.9 Å². The summed E-state index contributed by atoms with van der Waals surface area (Å²) in [5, 5.41) is 19.6. The van der Waals surface area contributed by atoms with Crippen molar-refractivity contribution in [1.82, 2.24) is 15.5 Å². The third-order valence-electron chi connectivity index (χ3n) is 3.45. The minimum absolute atomic E-state index is 0.0561. The van der Waals surface area contributed by atoms with Crippen molar-refractivity contribution in [3.05, 3.63) is 40.3 Å². The van der Waals surface area contributed by atoms with Crippen molar-refractivity contribution < 1.29 is 9.90 Å². The Labute approximate surface area is 122 Å². The number of nitrogens with zero attached hydrogens (tertiary/aromatic N) is 1. The predicted octanol–water partition coefficient (Wildman–Crippen LogP) is 0.599. The van der Waals surface area contributed by atoms with Gasteiger partial charge >= 0.3 is 0 Å². The molecule has 6 heteroatoms. The van der Waals surface area contributed by atoms with E-state index in [2.05, 4.69) is 15.5 Å². The molecular formula is C15H19N3O3. The molecule has 1 amide bonds. The molecule has 6 nitrogen and oxygen atoms in total. The molecule has 3 N–H and O–H groups in total. The molecule has 0 aliphatic rings. The fourth-order valence-corrected chi connectivity index (χ4v) is 2.14. The molecule has 112 valence electrons. The topological polar surface area (TPSA) is 95.1 Å². The Hall–Kier alpha value is -2.21. The van der Waals surface area contributed by atoms with Crippen LogP contribution in [0, 0.1) is 5.92 Å². The normalized spacial score (nSPS) is 12.6. The molecule has 0 bridgehead atoms. The van der Waals surface area contributed by atoms with Gasteiger partial charge in [0.25, 0.3) is 5.56 Å². The number of carbonyl (C=O) groups excluding carboxylic acids is 1. The minimum Gasteiger partial charge on any atom is -0.394 e. The molecule has 1 atom stereocenters. The van der Waals surface area contributed by atoms with Crippen LogP contribution in [0.5, 0.6) is 0 Å². The zero-order valence-electron chi connectivity index (χ0n) is 12.1. The van der Waals surface area contributed by atoms with Crippen LogP contribution >= 0.6 is 0 Å². The molecule has 0 aliphatic carbocycles. The first-order valence-electron chi connectivity index (χ1n) is 6.89. The molecule has 1 heterocycles. The molecule has 1 aromatic carbocycles. The molecule has 0 fully saturated rings. The number of carbonyl (C=O) groups is 1. The summed E-state index contributed by atoms with van der Waals surface area (Å²) in [5.74, 6) is -0.0910. The quantitative estimate of drug-likeness (QED) is 0.751. The van der Waals surface area contributed by atoms with E-state index < -0.39 is 0 Å². The third-order valence-corrected chi connectivity index (χ3v) is 3.45. The average molecular weight is 289 g/mol. The van der Waals surface area contributed by atoms with Crippen LogP contribution in [0.1, 0.15) is 19.5 Å². The molecule has 0 aliphatic heterocycles. The molecular weight excluding hydrogens is 270 g/mol. The molecule has 2 rings (SSSR count). The van der Waals surface area contributed by atoms with Gasteiger partial charge in [0.2, 0.25) is 5.91 Å². The summed E-state index contributed by atoms with van der Waals surface area (Å²) >= 11 is 0. The SMILES string of the molecule is CC(C)[C@H](CO)NC(=O)Cc1n[nH]c(=O)c2ccccc12. The van der Waals surface area contributed by atoms with Crippen molar-refractivity contribution in [2.24, 2.45) is 5.92 Å². The van der Waals surface area contributed by atoms with Crippen LogP contribution in [0.15, 0.2) is 29.1 Å². The number of benzene rings is 1. The highest BCUT2D eigenvalue weighted by Gasteiger charge is 2.17. The van der Waals surface area contributed by atoms with E-state index in [1.54, 1.807) is 24.3 Å². The third kappa shape index (κ3) is 3.46. The average Bonchev–Trinajstić information content (AvgIpc) is 2.47. The fraction of sp³-hybridized carbons (Fsp3) is 0.400. The second-order valence-electron chi connectivity index (χ2n) is 5.32. The zero-order chi connectivity index (χ0) is 15.4. The maximum atomic E-state index is 12.1. The number of rotatable bonds is 5. The van der Waals surface area contributed by atoms with E-state index in [1.165, 1.54) is 0 Å². The van der Waals surface area contributed by atoms with Gasteiger partial charge in [0, 0.05) is 5.39 Å². The number of aliphatic hydroxyl groups is 1. The molecule has 0 saturated carbocycles. The van der Waals surface area contributed by atoms with Crippen molar-refractivity contribution in [2.75, 3.05) is 6.61 Å². The second-order valence-corrected chi connectivity index (χ2v) is 5.32. The molecule has 0 saturated heterocycles. The standard InChI is InChI=1S/C15H19N3O3/c1-9(2)13(8-19)16-14(20)7-12-10-5-3-4-6-11(10)15(21)18-17-12/h3-6,9,13,19H,7-8H2,1-2H3,(H,16,20)(H,18,21)/t13-/m0/s1. The number of nitrogens with one attached hydrogen (secondary N) is 2. The van der Waals surface area contributed by atoms with Crippen molar-refractivity contribution in [1.29, 1.82) is 0 Å². The smallest absolute Gasteiger partial charge is 0.272 e. The highest BCUT2D eigenvalue weighted by Crippen LogP contribution is 2.13. The van der Waals surface area contributed by atoms with Crippen molar-refractivity contribution in [2.45, 2.75) is 26.3 Å². The van der Waals surface area contributed by atoms with Crippen LogP contribution in [0.4, 0.5) is 0 Å². The van der Waals surface area contributed by atoms with Crippen molar-refractivity contribution in [3.63, 3.8) is 0 Å². The van der Waals surface area contributed by atoms with E-state index in [0.29, 0.717) is 16.5 Å². The number of H-pyrrole nitrogens is 1. The van der Waals surface area contributed by atoms with Crippen LogP contribution in [0.2, 0.25) is 0 Å². The Kier molecular flexibility index (Phi) is 4.70. The van der Waals surface area contributed by atoms with Gasteiger partial charge in [-0.2, -0.15) is 5.10 Å². The lowest BCUT2D eigenvalue weighted by molar-refractivity contribution is -0.121. The van der Waals surface area contributed by atoms with Gasteiger partial charge in [0.1, 0.15) is 0 Å². The highest BCUT2D eigenvalue weighted by molar-refractivity contribution is 5.88. The summed E-state index contributed by atoms with van der Waals surface area (Å²) in [6.07, 6.45) is 0.0561. The number of aliphatic hydroxyl groups excluding tert-OH is 1. The second kappa shape index (κ2) is 6.49. The first-order chi connectivity index (χ1) is 10.0. The Morgan fingerprint density at radius 1 is 1.33 bits per heavy atom. The van der Waals surface area contributed by atoms with E-state index in [9.17, 15) is 14.7 Å². The first-order valence-corrected chi connectivity index (χ1v) is 6.89. The van der Waals surface area contributed by atoms with Gasteiger partial charge in [-0.25, -0.2) is 5.10 Å². The van der Waals surface area contributed by atoms with Crippen LogP contribution in [-0.2, 0) is 11.2 Å². The largest absolute Gasteiger partial charge is 0.394 e. The Morgan fingerprint density at radius 2 is 2.00 bits per heavy atom. The maximum Gasteiger partial charge on any atom is 0.272 e. The molecule has 0 unspecified atom stereocenters. The van der Waals surface area contributed by atoms with Crippen molar-refractivity contribution >= 4 is 16.7 Å². The summed E-state index contributed by atoms with van der Waals surface area (Å²) in [5.41, 5.74) is 0.244. The lowest BCUT2D eigenvalue weighted by atomic mass is 10.0. The number of fused-ring (bicyclic) bond motifs is 1. The van der Waals surface area contributed by atoms with Crippen LogP contribution in [-0.4, -0.2) is 33.9 Å². The zero-order valence-corrected chi connectivity index (χ0v) is 12.1. The molecule has 21 heavy (non-hydrogen) atoms. The van der Waals surface area contributed by atoms with E-state index >= 15 is 0 Å². The number of amides is 1. The number of aromatic amines is 1. The van der Waals surface area contributed by atoms with Crippen LogP contribution in [0.25, 0.3) is 10.8 Å². The van der Waals surface area contributed by atoms with Gasteiger partial charge in [-0.05, 0) is 12.0 Å². The molecule has 1 aromatic heterocycles. The Bertz CT molecular complexity index is 694. The van der Waals surface area contributed by atoms with Gasteiger partial charge < -0.3 is 10.4 Å². The van der Waals surface area contributed by atoms with Gasteiger partial charge in [-0.1, -0.05) is 32.0 Å². The maximum absolute atomic E-state index is 12.1. The van der Waals surface area contributed by atoms with Crippen molar-refractivity contribution in [3.8, 4) is 0 Å².